The van der Waals surface area contributed by atoms with E-state index in [-0.39, 0.29) is 0 Å². The van der Waals surface area contributed by atoms with Crippen LogP contribution in [0.15, 0.2) is 40.8 Å². The second kappa shape index (κ2) is 6.82. The molecule has 2 aliphatic heterocycles. The van der Waals surface area contributed by atoms with Gasteiger partial charge < -0.3 is 14.0 Å². The van der Waals surface area contributed by atoms with Crippen LogP contribution in [0.5, 0.6) is 0 Å². The van der Waals surface area contributed by atoms with E-state index >= 15 is 0 Å². The van der Waals surface area contributed by atoms with Gasteiger partial charge in [-0.2, -0.15) is 0 Å². The van der Waals surface area contributed by atoms with E-state index in [1.165, 1.54) is 0 Å². The van der Waals surface area contributed by atoms with E-state index in [0.717, 1.165) is 39.9 Å². The normalized spacial score (nSPS) is 14.6. The van der Waals surface area contributed by atoms with Gasteiger partial charge in [-0.05, 0) is 32.0 Å². The molecular formula is C20H19ClN6O2. The molecule has 0 unspecified atom stereocenters. The first-order valence-electron chi connectivity index (χ1n) is 9.22. The number of imidazole rings is 1. The lowest BCUT2D eigenvalue weighted by Crippen LogP contribution is -2.12. The van der Waals surface area contributed by atoms with Crippen molar-refractivity contribution in [2.24, 2.45) is 4.99 Å². The van der Waals surface area contributed by atoms with E-state index in [1.807, 2.05) is 41.2 Å². The highest BCUT2D eigenvalue weighted by Crippen LogP contribution is 2.34. The number of halogens is 1. The van der Waals surface area contributed by atoms with Gasteiger partial charge in [-0.1, -0.05) is 17.2 Å². The number of rotatable bonds is 3. The molecule has 0 N–H and O–H groups in total. The third kappa shape index (κ3) is 2.87. The van der Waals surface area contributed by atoms with Crippen molar-refractivity contribution in [3.63, 3.8) is 0 Å². The quantitative estimate of drug-likeness (QED) is 0.517. The number of aliphatic imine (C=N–C) groups is 1. The van der Waals surface area contributed by atoms with E-state index < -0.39 is 0 Å². The van der Waals surface area contributed by atoms with Gasteiger partial charge in [0.1, 0.15) is 25.2 Å². The SMILES string of the molecule is COCc1nnc2n1Cc1c(C3=NC(=C(C)C)CO3)ncn1-c1ccc(Cl)cc1-2. The molecule has 0 radical (unpaired) electrons. The summed E-state index contributed by atoms with van der Waals surface area (Å²) in [5.41, 5.74) is 5.54. The maximum atomic E-state index is 6.29. The average Bonchev–Trinajstić information content (AvgIpc) is 3.40. The Morgan fingerprint density at radius 2 is 2.14 bits per heavy atom. The standard InChI is InChI=1S/C20H19ClN6O2/c1-11(2)14-8-29-20(23-14)18-16-7-26-17(9-28-3)24-25-19(26)13-6-12(21)4-5-15(13)27(16)10-22-18/h4-6,10H,7-9H2,1-3H3. The van der Waals surface area contributed by atoms with Crippen molar-refractivity contribution in [1.29, 1.82) is 0 Å². The molecule has 148 valence electrons. The van der Waals surface area contributed by atoms with Gasteiger partial charge in [0, 0.05) is 17.7 Å². The Morgan fingerprint density at radius 3 is 2.90 bits per heavy atom. The largest absolute Gasteiger partial charge is 0.470 e. The number of methoxy groups -OCH3 is 1. The van der Waals surface area contributed by atoms with Crippen LogP contribution in [0, 0.1) is 0 Å². The summed E-state index contributed by atoms with van der Waals surface area (Å²) in [4.78, 5) is 9.29. The summed E-state index contributed by atoms with van der Waals surface area (Å²) in [6.45, 7) is 5.38. The number of fused-ring (bicyclic) bond motifs is 5. The molecule has 2 aromatic heterocycles. The highest BCUT2D eigenvalue weighted by atomic mass is 35.5. The third-order valence-electron chi connectivity index (χ3n) is 5.10. The number of ether oxygens (including phenoxy) is 2. The van der Waals surface area contributed by atoms with E-state index in [9.17, 15) is 0 Å². The molecule has 0 fully saturated rings. The van der Waals surface area contributed by atoms with Crippen molar-refractivity contribution in [2.45, 2.75) is 27.0 Å². The Labute approximate surface area is 172 Å². The lowest BCUT2D eigenvalue weighted by molar-refractivity contribution is 0.174. The molecule has 0 saturated heterocycles. The summed E-state index contributed by atoms with van der Waals surface area (Å²) in [5, 5.41) is 9.37. The number of benzene rings is 1. The zero-order valence-corrected chi connectivity index (χ0v) is 17.1. The lowest BCUT2D eigenvalue weighted by atomic mass is 10.1. The van der Waals surface area contributed by atoms with Gasteiger partial charge in [-0.25, -0.2) is 9.98 Å². The van der Waals surface area contributed by atoms with Crippen LogP contribution in [0.1, 0.15) is 31.1 Å². The van der Waals surface area contributed by atoms with Crippen LogP contribution in [0.2, 0.25) is 5.02 Å². The minimum atomic E-state index is 0.353. The van der Waals surface area contributed by atoms with E-state index in [1.54, 1.807) is 13.4 Å². The van der Waals surface area contributed by atoms with Crippen molar-refractivity contribution in [3.8, 4) is 17.1 Å². The van der Waals surface area contributed by atoms with Crippen LogP contribution in [0.4, 0.5) is 0 Å². The molecule has 3 aromatic rings. The molecule has 4 heterocycles. The number of nitrogens with zero attached hydrogens (tertiary/aromatic N) is 6. The Kier molecular flexibility index (Phi) is 4.25. The van der Waals surface area contributed by atoms with Crippen molar-refractivity contribution in [2.75, 3.05) is 13.7 Å². The van der Waals surface area contributed by atoms with Crippen LogP contribution in [-0.4, -0.2) is 43.9 Å². The molecule has 1 aromatic carbocycles. The van der Waals surface area contributed by atoms with Crippen LogP contribution in [-0.2, 0) is 22.6 Å². The first kappa shape index (κ1) is 18.1. The zero-order valence-electron chi connectivity index (χ0n) is 16.3. The van der Waals surface area contributed by atoms with Gasteiger partial charge in [0.2, 0.25) is 5.90 Å². The lowest BCUT2D eigenvalue weighted by Gasteiger charge is -2.09. The Hall–Kier alpha value is -2.97. The minimum Gasteiger partial charge on any atom is -0.470 e. The predicted octanol–water partition coefficient (Wildman–Crippen LogP) is 3.36. The Balaban J connectivity index is 1.73. The summed E-state index contributed by atoms with van der Waals surface area (Å²) in [5.74, 6) is 2.01. The Bertz CT molecular complexity index is 1190. The topological polar surface area (TPSA) is 79.3 Å². The van der Waals surface area contributed by atoms with Crippen LogP contribution < -0.4 is 0 Å². The van der Waals surface area contributed by atoms with Crippen molar-refractivity contribution >= 4 is 17.5 Å². The van der Waals surface area contributed by atoms with Gasteiger partial charge >= 0.3 is 0 Å². The first-order chi connectivity index (χ1) is 14.1. The van der Waals surface area contributed by atoms with Crippen LogP contribution in [0.3, 0.4) is 0 Å². The fraction of sp³-hybridized carbons (Fsp3) is 0.300. The fourth-order valence-corrected chi connectivity index (χ4v) is 3.77. The Morgan fingerprint density at radius 1 is 1.28 bits per heavy atom. The summed E-state index contributed by atoms with van der Waals surface area (Å²) in [6, 6.07) is 5.72. The fourth-order valence-electron chi connectivity index (χ4n) is 3.60. The van der Waals surface area contributed by atoms with Gasteiger partial charge in [0.25, 0.3) is 0 Å². The van der Waals surface area contributed by atoms with Gasteiger partial charge in [0.15, 0.2) is 11.6 Å². The van der Waals surface area contributed by atoms with Crippen LogP contribution >= 0.6 is 11.6 Å². The van der Waals surface area contributed by atoms with Crippen molar-refractivity contribution < 1.29 is 9.47 Å². The molecule has 29 heavy (non-hydrogen) atoms. The summed E-state index contributed by atoms with van der Waals surface area (Å²) in [6.07, 6.45) is 1.79. The maximum absolute atomic E-state index is 6.29. The van der Waals surface area contributed by atoms with E-state index in [4.69, 9.17) is 21.1 Å². The second-order valence-corrected chi connectivity index (χ2v) is 7.62. The van der Waals surface area contributed by atoms with Gasteiger partial charge in [-0.3, -0.25) is 4.57 Å². The summed E-state index contributed by atoms with van der Waals surface area (Å²) < 4.78 is 15.2. The second-order valence-electron chi connectivity index (χ2n) is 7.18. The summed E-state index contributed by atoms with van der Waals surface area (Å²) >= 11 is 6.29. The molecule has 8 nitrogen and oxygen atoms in total. The number of aromatic nitrogens is 5. The van der Waals surface area contributed by atoms with Crippen molar-refractivity contribution in [1.82, 2.24) is 24.3 Å². The predicted molar refractivity (Wildman–Crippen MR) is 108 cm³/mol. The molecule has 5 rings (SSSR count). The van der Waals surface area contributed by atoms with E-state index in [2.05, 4.69) is 20.2 Å². The van der Waals surface area contributed by atoms with Gasteiger partial charge in [0.05, 0.1) is 23.6 Å². The maximum Gasteiger partial charge on any atom is 0.242 e. The molecule has 9 heteroatoms. The van der Waals surface area contributed by atoms with Gasteiger partial charge in [-0.15, -0.1) is 10.2 Å². The molecule has 0 atom stereocenters. The minimum absolute atomic E-state index is 0.353. The number of hydrogen-bond acceptors (Lipinski definition) is 6. The van der Waals surface area contributed by atoms with E-state index in [0.29, 0.717) is 36.4 Å². The highest BCUT2D eigenvalue weighted by Gasteiger charge is 2.29. The van der Waals surface area contributed by atoms with Crippen molar-refractivity contribution in [3.05, 3.63) is 58.0 Å². The molecule has 0 amide bonds. The average molecular weight is 411 g/mol. The van der Waals surface area contributed by atoms with Crippen LogP contribution in [0.25, 0.3) is 17.1 Å². The molecular weight excluding hydrogens is 392 g/mol. The molecule has 2 aliphatic rings. The molecule has 0 aliphatic carbocycles. The molecule has 0 saturated carbocycles. The third-order valence-corrected chi connectivity index (χ3v) is 5.33. The zero-order chi connectivity index (χ0) is 20.1. The summed E-state index contributed by atoms with van der Waals surface area (Å²) in [7, 11) is 1.64. The molecule has 0 bridgehead atoms. The number of hydrogen-bond donors (Lipinski definition) is 0. The first-order valence-corrected chi connectivity index (χ1v) is 9.60. The number of allylic oxidation sites excluding steroid dienone is 1. The monoisotopic (exact) mass is 410 g/mol. The molecule has 0 spiro atoms. The highest BCUT2D eigenvalue weighted by molar-refractivity contribution is 6.31. The smallest absolute Gasteiger partial charge is 0.242 e.